The van der Waals surface area contributed by atoms with Crippen molar-refractivity contribution in [1.82, 2.24) is 0 Å². The first-order valence-corrected chi connectivity index (χ1v) is 4.74. The van der Waals surface area contributed by atoms with E-state index < -0.39 is 30.6 Å². The molecule has 0 saturated carbocycles. The Morgan fingerprint density at radius 3 is 2.44 bits per heavy atom. The Morgan fingerprint density at radius 2 is 2.00 bits per heavy atom. The fourth-order valence-corrected chi connectivity index (χ4v) is 1.56. The normalized spacial score (nSPS) is 12.8. The molecule has 0 aliphatic heterocycles. The first-order valence-electron chi connectivity index (χ1n) is 4.36. The molecular weight excluding hydrogens is 245 g/mol. The maximum Gasteiger partial charge on any atom is 0.304 e. The highest BCUT2D eigenvalue weighted by atomic mass is 35.5. The molecule has 1 rings (SSSR count). The van der Waals surface area contributed by atoms with Gasteiger partial charge in [0.1, 0.15) is 5.82 Å². The van der Waals surface area contributed by atoms with Gasteiger partial charge in [-0.15, -0.1) is 0 Å². The lowest BCUT2D eigenvalue weighted by Crippen LogP contribution is -2.14. The van der Waals surface area contributed by atoms with Crippen molar-refractivity contribution in [3.8, 4) is 0 Å². The summed E-state index contributed by atoms with van der Waals surface area (Å²) in [6.45, 7) is 0. The number of carbonyl (C=O) groups is 1. The van der Waals surface area contributed by atoms with E-state index in [4.69, 9.17) is 16.7 Å². The first-order chi connectivity index (χ1) is 7.40. The van der Waals surface area contributed by atoms with E-state index >= 15 is 0 Å². The average molecular weight is 253 g/mol. The van der Waals surface area contributed by atoms with Crippen LogP contribution in [-0.4, -0.2) is 17.5 Å². The molecule has 88 valence electrons. The fraction of sp³-hybridized carbons (Fsp3) is 0.300. The van der Waals surface area contributed by atoms with Gasteiger partial charge in [-0.05, 0) is 23.8 Å². The van der Waals surface area contributed by atoms with E-state index in [1.807, 2.05) is 0 Å². The van der Waals surface area contributed by atoms with Gasteiger partial charge in [0.15, 0.2) is 0 Å². The van der Waals surface area contributed by atoms with Gasteiger partial charge >= 0.3 is 5.97 Å². The lowest BCUT2D eigenvalue weighted by molar-refractivity contribution is -0.138. The molecule has 1 N–H and O–H groups in total. The van der Waals surface area contributed by atoms with Crippen LogP contribution in [0.3, 0.4) is 0 Å². The highest BCUT2D eigenvalue weighted by Gasteiger charge is 2.26. The van der Waals surface area contributed by atoms with Gasteiger partial charge in [-0.3, -0.25) is 4.79 Å². The SMILES string of the molecule is O=C(O)CC(c1cc(F)cc(Cl)c1)C(F)F. The summed E-state index contributed by atoms with van der Waals surface area (Å²) in [6, 6.07) is 2.98. The van der Waals surface area contributed by atoms with Crippen LogP contribution >= 0.6 is 11.6 Å². The minimum absolute atomic E-state index is 0.0361. The van der Waals surface area contributed by atoms with Gasteiger partial charge in [0.05, 0.1) is 12.3 Å². The largest absolute Gasteiger partial charge is 0.481 e. The summed E-state index contributed by atoms with van der Waals surface area (Å²) in [5.74, 6) is -3.69. The van der Waals surface area contributed by atoms with E-state index in [1.165, 1.54) is 0 Å². The van der Waals surface area contributed by atoms with Crippen molar-refractivity contribution in [1.29, 1.82) is 0 Å². The number of carboxylic acids is 1. The van der Waals surface area contributed by atoms with Crippen LogP contribution in [0.5, 0.6) is 0 Å². The van der Waals surface area contributed by atoms with Gasteiger partial charge in [0.25, 0.3) is 0 Å². The molecule has 0 aromatic heterocycles. The quantitative estimate of drug-likeness (QED) is 0.893. The van der Waals surface area contributed by atoms with Crippen molar-refractivity contribution >= 4 is 17.6 Å². The zero-order valence-electron chi connectivity index (χ0n) is 7.96. The van der Waals surface area contributed by atoms with E-state index in [0.29, 0.717) is 0 Å². The summed E-state index contributed by atoms with van der Waals surface area (Å²) >= 11 is 5.50. The molecule has 0 aliphatic rings. The third kappa shape index (κ3) is 3.41. The highest BCUT2D eigenvalue weighted by Crippen LogP contribution is 2.29. The van der Waals surface area contributed by atoms with Gasteiger partial charge in [0.2, 0.25) is 6.43 Å². The second-order valence-corrected chi connectivity index (χ2v) is 3.68. The smallest absolute Gasteiger partial charge is 0.304 e. The van der Waals surface area contributed by atoms with Crippen molar-refractivity contribution < 1.29 is 23.1 Å². The molecule has 0 amide bonds. The van der Waals surface area contributed by atoms with Crippen LogP contribution in [-0.2, 0) is 4.79 Å². The second-order valence-electron chi connectivity index (χ2n) is 3.24. The standard InChI is InChI=1S/C10H8ClF3O2/c11-6-1-5(2-7(12)3-6)8(10(13)14)4-9(15)16/h1-3,8,10H,4H2,(H,15,16). The summed E-state index contributed by atoms with van der Waals surface area (Å²) in [4.78, 5) is 10.4. The molecule has 0 radical (unpaired) electrons. The number of rotatable bonds is 4. The van der Waals surface area contributed by atoms with E-state index in [2.05, 4.69) is 0 Å². The summed E-state index contributed by atoms with van der Waals surface area (Å²) in [5.41, 5.74) is -0.109. The minimum atomic E-state index is -2.88. The number of aliphatic carboxylic acids is 1. The molecule has 16 heavy (non-hydrogen) atoms. The Morgan fingerprint density at radius 1 is 1.38 bits per heavy atom. The molecule has 1 aromatic rings. The fourth-order valence-electron chi connectivity index (χ4n) is 1.33. The van der Waals surface area contributed by atoms with Crippen LogP contribution in [0.15, 0.2) is 18.2 Å². The molecule has 0 bridgehead atoms. The number of alkyl halides is 2. The summed E-state index contributed by atoms with van der Waals surface area (Å²) in [7, 11) is 0. The maximum atomic E-state index is 12.9. The van der Waals surface area contributed by atoms with Gasteiger partial charge < -0.3 is 5.11 Å². The van der Waals surface area contributed by atoms with Crippen LogP contribution in [0.1, 0.15) is 17.9 Å². The second kappa shape index (κ2) is 5.21. The summed E-state index contributed by atoms with van der Waals surface area (Å²) in [6.07, 6.45) is -3.65. The molecule has 0 spiro atoms. The minimum Gasteiger partial charge on any atom is -0.481 e. The van der Waals surface area contributed by atoms with E-state index in [0.717, 1.165) is 18.2 Å². The van der Waals surface area contributed by atoms with Gasteiger partial charge in [-0.2, -0.15) is 0 Å². The molecule has 0 fully saturated rings. The maximum absolute atomic E-state index is 12.9. The number of hydrogen-bond acceptors (Lipinski definition) is 1. The van der Waals surface area contributed by atoms with E-state index in [9.17, 15) is 18.0 Å². The van der Waals surface area contributed by atoms with Crippen LogP contribution in [0.2, 0.25) is 5.02 Å². The van der Waals surface area contributed by atoms with Crippen LogP contribution < -0.4 is 0 Å². The van der Waals surface area contributed by atoms with Crippen LogP contribution in [0, 0.1) is 5.82 Å². The van der Waals surface area contributed by atoms with Crippen molar-refractivity contribution in [3.63, 3.8) is 0 Å². The number of benzene rings is 1. The van der Waals surface area contributed by atoms with Crippen molar-refractivity contribution in [2.45, 2.75) is 18.8 Å². The molecule has 6 heteroatoms. The Labute approximate surface area is 94.6 Å². The third-order valence-electron chi connectivity index (χ3n) is 2.01. The first kappa shape index (κ1) is 12.8. The molecule has 2 nitrogen and oxygen atoms in total. The monoisotopic (exact) mass is 252 g/mol. The molecule has 1 unspecified atom stereocenters. The topological polar surface area (TPSA) is 37.3 Å². The molecule has 0 heterocycles. The van der Waals surface area contributed by atoms with E-state index in [-0.39, 0.29) is 10.6 Å². The number of halogens is 4. The number of hydrogen-bond donors (Lipinski definition) is 1. The Balaban J connectivity index is 3.05. The van der Waals surface area contributed by atoms with Gasteiger partial charge in [-0.25, -0.2) is 13.2 Å². The zero-order valence-corrected chi connectivity index (χ0v) is 8.72. The van der Waals surface area contributed by atoms with Crippen molar-refractivity contribution in [2.24, 2.45) is 0 Å². The number of carboxylic acid groups (broad SMARTS) is 1. The Kier molecular flexibility index (Phi) is 4.18. The van der Waals surface area contributed by atoms with Crippen LogP contribution in [0.25, 0.3) is 0 Å². The van der Waals surface area contributed by atoms with Crippen molar-refractivity contribution in [2.75, 3.05) is 0 Å². The molecule has 0 aliphatic carbocycles. The van der Waals surface area contributed by atoms with Gasteiger partial charge in [-0.1, -0.05) is 11.6 Å². The molecule has 1 atom stereocenters. The molecule has 1 aromatic carbocycles. The van der Waals surface area contributed by atoms with Gasteiger partial charge in [0, 0.05) is 5.02 Å². The lowest BCUT2D eigenvalue weighted by Gasteiger charge is -2.14. The summed E-state index contributed by atoms with van der Waals surface area (Å²) in [5, 5.41) is 8.44. The predicted octanol–water partition coefficient (Wildman–Crippen LogP) is 3.30. The van der Waals surface area contributed by atoms with Crippen LogP contribution in [0.4, 0.5) is 13.2 Å². The Hall–Kier alpha value is -1.23. The third-order valence-corrected chi connectivity index (χ3v) is 2.23. The summed E-state index contributed by atoms with van der Waals surface area (Å²) < 4.78 is 38.1. The lowest BCUT2D eigenvalue weighted by atomic mass is 9.96. The van der Waals surface area contributed by atoms with E-state index in [1.54, 1.807) is 0 Å². The van der Waals surface area contributed by atoms with Crippen molar-refractivity contribution in [3.05, 3.63) is 34.6 Å². The predicted molar refractivity (Wildman–Crippen MR) is 52.4 cm³/mol. The Bertz CT molecular complexity index is 375. The molecule has 0 saturated heterocycles. The average Bonchev–Trinajstić information content (AvgIpc) is 2.11. The highest BCUT2D eigenvalue weighted by molar-refractivity contribution is 6.30. The zero-order chi connectivity index (χ0) is 12.3. The molecular formula is C10H8ClF3O2.